The molecule has 0 amide bonds. The maximum Gasteiger partial charge on any atom is 0.194 e. The van der Waals surface area contributed by atoms with Gasteiger partial charge in [-0.15, -0.1) is 24.0 Å². The van der Waals surface area contributed by atoms with Crippen LogP contribution in [0.1, 0.15) is 37.3 Å². The van der Waals surface area contributed by atoms with E-state index in [0.29, 0.717) is 0 Å². The van der Waals surface area contributed by atoms with E-state index >= 15 is 0 Å². The number of aliphatic imine (C=N–C) groups is 1. The minimum absolute atomic E-state index is 0. The third-order valence-electron chi connectivity index (χ3n) is 4.52. The quantitative estimate of drug-likeness (QED) is 0.304. The molecule has 0 atom stereocenters. The third-order valence-corrected chi connectivity index (χ3v) is 4.52. The highest BCUT2D eigenvalue weighted by atomic mass is 127. The van der Waals surface area contributed by atoms with Gasteiger partial charge in [-0.1, -0.05) is 24.3 Å². The van der Waals surface area contributed by atoms with Gasteiger partial charge >= 0.3 is 0 Å². The van der Waals surface area contributed by atoms with Gasteiger partial charge in [0.25, 0.3) is 0 Å². The molecule has 0 spiro atoms. The van der Waals surface area contributed by atoms with Crippen LogP contribution >= 0.6 is 24.0 Å². The molecule has 2 aliphatic rings. The second-order valence-corrected chi connectivity index (χ2v) is 6.55. The fraction of sp³-hybridized carbons (Fsp3) is 0.632. The highest BCUT2D eigenvalue weighted by molar-refractivity contribution is 14.0. The molecule has 134 valence electrons. The summed E-state index contributed by atoms with van der Waals surface area (Å²) in [7, 11) is 0. The predicted molar refractivity (Wildman–Crippen MR) is 110 cm³/mol. The molecule has 1 aliphatic carbocycles. The first kappa shape index (κ1) is 19.5. The Hall–Kier alpha value is -0.820. The molecular weight excluding hydrogens is 413 g/mol. The summed E-state index contributed by atoms with van der Waals surface area (Å²) in [6, 6.07) is 8.74. The molecule has 0 bridgehead atoms. The van der Waals surface area contributed by atoms with Crippen LogP contribution in [0.4, 0.5) is 0 Å². The van der Waals surface area contributed by atoms with E-state index in [-0.39, 0.29) is 24.0 Å². The Kier molecular flexibility index (Phi) is 8.32. The maximum absolute atomic E-state index is 5.69. The Morgan fingerprint density at radius 3 is 2.83 bits per heavy atom. The Bertz CT molecular complexity index is 531. The fourth-order valence-electron chi connectivity index (χ4n) is 2.99. The van der Waals surface area contributed by atoms with Crippen LogP contribution in [-0.2, 0) is 17.7 Å². The first-order chi connectivity index (χ1) is 11.4. The predicted octanol–water partition coefficient (Wildman–Crippen LogP) is 3.44. The van der Waals surface area contributed by atoms with Crippen LogP contribution in [0.25, 0.3) is 0 Å². The number of hydrogen-bond acceptors (Lipinski definition) is 2. The molecule has 24 heavy (non-hydrogen) atoms. The lowest BCUT2D eigenvalue weighted by molar-refractivity contribution is 0.123. The van der Waals surface area contributed by atoms with Crippen LogP contribution in [0.3, 0.4) is 0 Å². The Labute approximate surface area is 163 Å². The maximum atomic E-state index is 5.69. The summed E-state index contributed by atoms with van der Waals surface area (Å²) in [5.41, 5.74) is 2.91. The number of nitrogens with one attached hydrogen (secondary N) is 1. The lowest BCUT2D eigenvalue weighted by Crippen LogP contribution is -2.44. The Balaban J connectivity index is 0.00000208. The van der Waals surface area contributed by atoms with Crippen molar-refractivity contribution >= 4 is 29.9 Å². The molecule has 1 saturated carbocycles. The zero-order chi connectivity index (χ0) is 15.9. The molecule has 4 nitrogen and oxygen atoms in total. The zero-order valence-corrected chi connectivity index (χ0v) is 17.0. The molecule has 0 aromatic heterocycles. The van der Waals surface area contributed by atoms with Crippen LogP contribution in [0.15, 0.2) is 29.3 Å². The topological polar surface area (TPSA) is 36.9 Å². The Morgan fingerprint density at radius 2 is 2.08 bits per heavy atom. The van der Waals surface area contributed by atoms with Gasteiger partial charge in [-0.3, -0.25) is 4.99 Å². The molecule has 1 aromatic carbocycles. The van der Waals surface area contributed by atoms with Crippen LogP contribution in [0.2, 0.25) is 0 Å². The van der Waals surface area contributed by atoms with E-state index in [1.54, 1.807) is 0 Å². The monoisotopic (exact) mass is 443 g/mol. The molecule has 0 radical (unpaired) electrons. The normalized spacial score (nSPS) is 17.2. The summed E-state index contributed by atoms with van der Waals surface area (Å²) >= 11 is 0. The van der Waals surface area contributed by atoms with E-state index < -0.39 is 0 Å². The van der Waals surface area contributed by atoms with E-state index in [0.717, 1.165) is 64.1 Å². The van der Waals surface area contributed by atoms with Crippen LogP contribution in [0.5, 0.6) is 0 Å². The zero-order valence-electron chi connectivity index (χ0n) is 14.7. The van der Waals surface area contributed by atoms with Gasteiger partial charge in [-0.05, 0) is 49.7 Å². The number of halogens is 1. The van der Waals surface area contributed by atoms with E-state index in [1.807, 2.05) is 0 Å². The van der Waals surface area contributed by atoms with Crippen molar-refractivity contribution in [2.75, 3.05) is 32.8 Å². The molecular formula is C19H30IN3O. The van der Waals surface area contributed by atoms with Crippen LogP contribution in [-0.4, -0.2) is 43.7 Å². The van der Waals surface area contributed by atoms with Crippen LogP contribution in [0, 0.1) is 5.92 Å². The van der Waals surface area contributed by atoms with Crippen LogP contribution < -0.4 is 5.32 Å². The highest BCUT2D eigenvalue weighted by Gasteiger charge is 2.21. The summed E-state index contributed by atoms with van der Waals surface area (Å²) in [6.07, 6.45) is 4.83. The van der Waals surface area contributed by atoms with Gasteiger partial charge in [-0.25, -0.2) is 0 Å². The molecule has 1 aliphatic heterocycles. The van der Waals surface area contributed by atoms with Crippen molar-refractivity contribution in [2.24, 2.45) is 10.9 Å². The molecule has 0 unspecified atom stereocenters. The summed E-state index contributed by atoms with van der Waals surface area (Å²) in [4.78, 5) is 7.17. The molecule has 1 N–H and O–H groups in total. The first-order valence-electron chi connectivity index (χ1n) is 9.04. The van der Waals surface area contributed by atoms with Crippen molar-refractivity contribution in [3.8, 4) is 0 Å². The number of ether oxygens (including phenoxy) is 1. The van der Waals surface area contributed by atoms with Gasteiger partial charge in [0.2, 0.25) is 0 Å². The van der Waals surface area contributed by atoms with E-state index in [4.69, 9.17) is 9.73 Å². The average Bonchev–Trinajstić information content (AvgIpc) is 3.41. The van der Waals surface area contributed by atoms with Crippen molar-refractivity contribution in [3.05, 3.63) is 35.4 Å². The Morgan fingerprint density at radius 1 is 1.29 bits per heavy atom. The molecule has 0 saturated heterocycles. The van der Waals surface area contributed by atoms with Crippen molar-refractivity contribution in [2.45, 2.75) is 39.2 Å². The van der Waals surface area contributed by atoms with Crippen molar-refractivity contribution < 1.29 is 4.74 Å². The van der Waals surface area contributed by atoms with Gasteiger partial charge in [0.15, 0.2) is 5.96 Å². The standard InChI is InChI=1S/C19H29N3O.HI/c1-2-20-19(21-11-5-13-23-15-16-8-9-16)22-12-10-17-6-3-4-7-18(17)14-22;/h3-4,6-7,16H,2,5,8-15H2,1H3,(H,20,21);1H. The lowest BCUT2D eigenvalue weighted by Gasteiger charge is -2.31. The number of hydrogen-bond donors (Lipinski definition) is 1. The minimum atomic E-state index is 0. The van der Waals surface area contributed by atoms with Crippen molar-refractivity contribution in [3.63, 3.8) is 0 Å². The van der Waals surface area contributed by atoms with Gasteiger partial charge < -0.3 is 15.0 Å². The highest BCUT2D eigenvalue weighted by Crippen LogP contribution is 2.28. The average molecular weight is 443 g/mol. The van der Waals surface area contributed by atoms with Gasteiger partial charge in [0.05, 0.1) is 0 Å². The first-order valence-corrected chi connectivity index (χ1v) is 9.04. The minimum Gasteiger partial charge on any atom is -0.381 e. The van der Waals surface area contributed by atoms with Gasteiger partial charge in [-0.2, -0.15) is 0 Å². The number of rotatable bonds is 7. The summed E-state index contributed by atoms with van der Waals surface area (Å²) in [5.74, 6) is 1.90. The third kappa shape index (κ3) is 5.92. The van der Waals surface area contributed by atoms with Gasteiger partial charge in [0, 0.05) is 39.4 Å². The molecule has 5 heteroatoms. The van der Waals surface area contributed by atoms with E-state index in [2.05, 4.69) is 41.4 Å². The van der Waals surface area contributed by atoms with Crippen molar-refractivity contribution in [1.29, 1.82) is 0 Å². The van der Waals surface area contributed by atoms with Gasteiger partial charge in [0.1, 0.15) is 0 Å². The largest absolute Gasteiger partial charge is 0.381 e. The second-order valence-electron chi connectivity index (χ2n) is 6.55. The SMILES string of the molecule is CCNC(=NCCCOCC1CC1)N1CCc2ccccc2C1.I. The summed E-state index contributed by atoms with van der Waals surface area (Å²) < 4.78 is 5.69. The second kappa shape index (κ2) is 10.2. The molecule has 1 aromatic rings. The number of benzene rings is 1. The smallest absolute Gasteiger partial charge is 0.194 e. The van der Waals surface area contributed by atoms with E-state index in [9.17, 15) is 0 Å². The summed E-state index contributed by atoms with van der Waals surface area (Å²) in [5, 5.41) is 3.44. The van der Waals surface area contributed by atoms with Crippen molar-refractivity contribution in [1.82, 2.24) is 10.2 Å². The molecule has 3 rings (SSSR count). The number of fused-ring (bicyclic) bond motifs is 1. The number of guanidine groups is 1. The summed E-state index contributed by atoms with van der Waals surface area (Å²) in [6.45, 7) is 7.67. The molecule has 1 heterocycles. The number of nitrogens with zero attached hydrogens (tertiary/aromatic N) is 2. The fourth-order valence-corrected chi connectivity index (χ4v) is 2.99. The lowest BCUT2D eigenvalue weighted by atomic mass is 10.0. The molecule has 1 fully saturated rings. The van der Waals surface area contributed by atoms with E-state index in [1.165, 1.54) is 24.0 Å².